The zero-order valence-corrected chi connectivity index (χ0v) is 49.9. The van der Waals surface area contributed by atoms with E-state index in [1.807, 2.05) is 56.9 Å². The van der Waals surface area contributed by atoms with Crippen LogP contribution >= 0.6 is 23.4 Å². The minimum atomic E-state index is -0.285. The van der Waals surface area contributed by atoms with Crippen molar-refractivity contribution < 1.29 is 24.6 Å². The molecule has 0 aliphatic carbocycles. The largest absolute Gasteiger partial charge is 0.508 e. The van der Waals surface area contributed by atoms with E-state index in [1.54, 1.807) is 23.2 Å². The molecule has 0 bridgehead atoms. The van der Waals surface area contributed by atoms with Crippen molar-refractivity contribution in [2.75, 3.05) is 86.3 Å². The molecule has 3 saturated heterocycles. The molecule has 2 amide bonds. The molecular weight excluding hydrogens is 1030 g/mol. The summed E-state index contributed by atoms with van der Waals surface area (Å²) in [5, 5.41) is 25.3. The zero-order valence-electron chi connectivity index (χ0n) is 48.4. The first-order valence-electron chi connectivity index (χ1n) is 28.4. The lowest BCUT2D eigenvalue weighted by molar-refractivity contribution is -0.134. The van der Waals surface area contributed by atoms with Crippen LogP contribution in [0.4, 0.5) is 23.0 Å². The van der Waals surface area contributed by atoms with E-state index in [0.717, 1.165) is 95.3 Å². The van der Waals surface area contributed by atoms with E-state index >= 15 is 0 Å². The molecule has 3 aliphatic rings. The van der Waals surface area contributed by atoms with Gasteiger partial charge in [0.05, 0.1) is 22.6 Å². The number of piperidine rings is 2. The number of phenolic OH excluding ortho intramolecular Hbond substituents is 2. The normalized spacial score (nSPS) is 16.5. The van der Waals surface area contributed by atoms with E-state index < -0.39 is 0 Å². The van der Waals surface area contributed by atoms with E-state index in [9.17, 15) is 24.6 Å². The van der Waals surface area contributed by atoms with Crippen molar-refractivity contribution in [3.8, 4) is 11.5 Å². The Morgan fingerprint density at radius 1 is 0.911 bits per heavy atom. The predicted octanol–water partition coefficient (Wildman–Crippen LogP) is 11.1. The molecule has 0 atom stereocenters. The number of carbonyl (C=O) groups excluding carboxylic acids is 3. The highest BCUT2D eigenvalue weighted by Crippen LogP contribution is 2.41. The van der Waals surface area contributed by atoms with Gasteiger partial charge in [-0.25, -0.2) is 9.97 Å². The summed E-state index contributed by atoms with van der Waals surface area (Å²) in [6.07, 6.45) is 8.68. The Hall–Kier alpha value is -5.72. The van der Waals surface area contributed by atoms with E-state index in [2.05, 4.69) is 81.4 Å². The molecular formula is C61H88ClN11O5S. The van der Waals surface area contributed by atoms with Gasteiger partial charge < -0.3 is 36.8 Å². The van der Waals surface area contributed by atoms with E-state index in [-0.39, 0.29) is 65.1 Å². The molecule has 18 heteroatoms. The number of amides is 2. The first-order valence-corrected chi connectivity index (χ1v) is 29.6. The Balaban J connectivity index is 0.00000159. The summed E-state index contributed by atoms with van der Waals surface area (Å²) >= 11 is 8.07. The number of halogens is 1. The summed E-state index contributed by atoms with van der Waals surface area (Å²) in [7, 11) is 0. The number of nitrogen functional groups attached to an aromatic ring is 1. The molecule has 4 aromatic rings. The SMILES string of the molecule is C=C(c1cc(C(C)C)c(O)cc1O)N(C(=NC(C)C)C(C)=O)c1ccc(CN2CCC(CN3CCN(C(=O)CCC(=O)Nc4cccc(Sc5ncc(N6CCC(C)(CN)CC6)nc5N)c4Cl)CC3)CC2)cc1.CCC(C)CC. The van der Waals surface area contributed by atoms with Crippen LogP contribution in [0.1, 0.15) is 136 Å². The van der Waals surface area contributed by atoms with Crippen molar-refractivity contribution in [3.05, 3.63) is 89.1 Å². The molecule has 430 valence electrons. The van der Waals surface area contributed by atoms with Crippen LogP contribution in [0.2, 0.25) is 5.02 Å². The van der Waals surface area contributed by atoms with Gasteiger partial charge in [-0.15, -0.1) is 0 Å². The molecule has 3 aromatic carbocycles. The highest BCUT2D eigenvalue weighted by atomic mass is 35.5. The second kappa shape index (κ2) is 29.1. The van der Waals surface area contributed by atoms with Gasteiger partial charge in [0.15, 0.2) is 17.4 Å². The minimum absolute atomic E-state index is 0.00283. The van der Waals surface area contributed by atoms with Crippen molar-refractivity contribution in [1.29, 1.82) is 0 Å². The van der Waals surface area contributed by atoms with Gasteiger partial charge in [-0.3, -0.25) is 34.1 Å². The lowest BCUT2D eigenvalue weighted by atomic mass is 9.80. The molecule has 4 heterocycles. The van der Waals surface area contributed by atoms with Gasteiger partial charge in [0.25, 0.3) is 0 Å². The van der Waals surface area contributed by atoms with E-state index in [1.165, 1.54) is 37.6 Å². The number of likely N-dealkylation sites (tertiary alicyclic amines) is 1. The maximum Gasteiger partial charge on any atom is 0.224 e. The summed E-state index contributed by atoms with van der Waals surface area (Å²) in [5.74, 6) is 2.07. The van der Waals surface area contributed by atoms with Crippen LogP contribution in [0, 0.1) is 17.3 Å². The maximum atomic E-state index is 13.3. The fourth-order valence-electron chi connectivity index (χ4n) is 10.0. The predicted molar refractivity (Wildman–Crippen MR) is 324 cm³/mol. The fourth-order valence-corrected chi connectivity index (χ4v) is 11.1. The van der Waals surface area contributed by atoms with Gasteiger partial charge >= 0.3 is 0 Å². The van der Waals surface area contributed by atoms with Crippen molar-refractivity contribution >= 4 is 75.5 Å². The van der Waals surface area contributed by atoms with Crippen LogP contribution in [-0.2, 0) is 20.9 Å². The number of carbonyl (C=O) groups is 3. The lowest BCUT2D eigenvalue weighted by Gasteiger charge is -2.39. The number of ketones is 1. The maximum absolute atomic E-state index is 13.3. The van der Waals surface area contributed by atoms with Crippen LogP contribution in [-0.4, -0.2) is 130 Å². The van der Waals surface area contributed by atoms with Gasteiger partial charge in [-0.2, -0.15) is 0 Å². The van der Waals surface area contributed by atoms with Gasteiger partial charge in [-0.1, -0.05) is 103 Å². The molecule has 0 radical (unpaired) electrons. The van der Waals surface area contributed by atoms with Crippen LogP contribution < -0.4 is 26.6 Å². The molecule has 0 spiro atoms. The van der Waals surface area contributed by atoms with E-state index in [0.29, 0.717) is 74.5 Å². The number of benzene rings is 3. The molecule has 0 unspecified atom stereocenters. The fraction of sp³-hybridized carbons (Fsp3) is 0.541. The lowest BCUT2D eigenvalue weighted by Crippen LogP contribution is -2.50. The van der Waals surface area contributed by atoms with Gasteiger partial charge in [0.2, 0.25) is 11.8 Å². The Labute approximate surface area is 479 Å². The number of aromatic hydroxyl groups is 2. The first-order chi connectivity index (χ1) is 37.6. The number of piperazine rings is 1. The third-order valence-electron chi connectivity index (χ3n) is 15.7. The van der Waals surface area contributed by atoms with Crippen LogP contribution in [0.5, 0.6) is 11.5 Å². The topological polar surface area (TPSA) is 210 Å². The molecule has 16 nitrogen and oxygen atoms in total. The van der Waals surface area contributed by atoms with Crippen molar-refractivity contribution in [2.24, 2.45) is 28.0 Å². The smallest absolute Gasteiger partial charge is 0.224 e. The molecule has 79 heavy (non-hydrogen) atoms. The standard InChI is InChI=1S/C55H74ClN11O5S.C6H14/c1-35(2)42-29-43(46(70)30-45(42)69)37(5)67(53(38(6)68)60-36(3)4)41-13-11-39(12-14-41)32-63-21-17-40(18-22-63)33-64-25-27-66(28-26-64)50(72)16-15-49(71)61-44-9-8-10-47(51(44)56)73-54-52(58)62-48(31-59-54)65-23-19-55(7,34-57)20-24-65;1-4-6(3)5-2/h8-14,29-31,35-36,40,69-70H,5,15-28,32-34,57H2,1-4,6-7H3,(H2,58,62)(H,61,71);6H,4-5H2,1-3H3. The van der Waals surface area contributed by atoms with Gasteiger partial charge in [0, 0.05) is 100 Å². The van der Waals surface area contributed by atoms with Crippen LogP contribution in [0.3, 0.4) is 0 Å². The number of amidine groups is 1. The average Bonchev–Trinajstić information content (AvgIpc) is 3.43. The Morgan fingerprint density at radius 3 is 2.14 bits per heavy atom. The number of hydrogen-bond donors (Lipinski definition) is 5. The Morgan fingerprint density at radius 2 is 1.57 bits per heavy atom. The number of hydrogen-bond acceptors (Lipinski definition) is 14. The number of nitrogens with two attached hydrogens (primary N) is 2. The summed E-state index contributed by atoms with van der Waals surface area (Å²) < 4.78 is 0. The van der Waals surface area contributed by atoms with Gasteiger partial charge in [-0.05, 0) is 124 Å². The number of nitrogens with one attached hydrogen (secondary N) is 1. The van der Waals surface area contributed by atoms with Crippen molar-refractivity contribution in [1.82, 2.24) is 24.7 Å². The second-order valence-electron chi connectivity index (χ2n) is 22.6. The number of phenols is 2. The molecule has 7 N–H and O–H groups in total. The number of aliphatic imine (C=N–C) groups is 1. The summed E-state index contributed by atoms with van der Waals surface area (Å²) in [6.45, 7) is 31.5. The monoisotopic (exact) mass is 1120 g/mol. The molecule has 3 fully saturated rings. The average molecular weight is 1120 g/mol. The number of aromatic nitrogens is 2. The zero-order chi connectivity index (χ0) is 57.6. The number of Topliss-reactive ketones (excluding diaryl/α,β-unsaturated/α-hetero) is 1. The highest BCUT2D eigenvalue weighted by molar-refractivity contribution is 7.99. The van der Waals surface area contributed by atoms with Crippen LogP contribution in [0.25, 0.3) is 5.70 Å². The minimum Gasteiger partial charge on any atom is -0.508 e. The first kappa shape index (κ1) is 62.5. The van der Waals surface area contributed by atoms with Crippen LogP contribution in [0.15, 0.2) is 82.3 Å². The Kier molecular flexibility index (Phi) is 23.0. The van der Waals surface area contributed by atoms with Gasteiger partial charge in [0.1, 0.15) is 22.3 Å². The summed E-state index contributed by atoms with van der Waals surface area (Å²) in [4.78, 5) is 64.8. The quantitative estimate of drug-likeness (QED) is 0.0412. The third kappa shape index (κ3) is 17.4. The summed E-state index contributed by atoms with van der Waals surface area (Å²) in [5.41, 5.74) is 16.2. The molecule has 0 saturated carbocycles. The van der Waals surface area contributed by atoms with Crippen molar-refractivity contribution in [3.63, 3.8) is 0 Å². The molecule has 7 rings (SSSR count). The molecule has 1 aromatic heterocycles. The summed E-state index contributed by atoms with van der Waals surface area (Å²) in [6, 6.07) is 16.3. The number of nitrogens with zero attached hydrogens (tertiary/aromatic N) is 8. The number of anilines is 4. The Bertz CT molecular complexity index is 2730. The molecule has 3 aliphatic heterocycles. The number of rotatable bonds is 20. The van der Waals surface area contributed by atoms with E-state index in [4.69, 9.17) is 23.1 Å². The highest BCUT2D eigenvalue weighted by Gasteiger charge is 2.31. The third-order valence-corrected chi connectivity index (χ3v) is 17.3. The second-order valence-corrected chi connectivity index (χ2v) is 24.1. The van der Waals surface area contributed by atoms with Crippen molar-refractivity contribution in [2.45, 2.75) is 142 Å².